The van der Waals surface area contributed by atoms with Crippen molar-refractivity contribution in [2.24, 2.45) is 5.92 Å². The van der Waals surface area contributed by atoms with Crippen LogP contribution in [0.1, 0.15) is 32.1 Å². The molecule has 2 fully saturated rings. The van der Waals surface area contributed by atoms with Crippen LogP contribution in [0.4, 0.5) is 0 Å². The van der Waals surface area contributed by atoms with Crippen LogP contribution in [0.5, 0.6) is 0 Å². The standard InChI is InChI=1S/C13H24N2O2/c1-15(10-11-5-8-17-9-6-11)13(16)12-4-2-3-7-14-12/h11-12,14H,2-10H2,1H3/t12-/m1/s1. The maximum Gasteiger partial charge on any atom is 0.239 e. The lowest BCUT2D eigenvalue weighted by Crippen LogP contribution is -2.48. The number of ether oxygens (including phenoxy) is 1. The highest BCUT2D eigenvalue weighted by Crippen LogP contribution is 2.17. The largest absolute Gasteiger partial charge is 0.381 e. The van der Waals surface area contributed by atoms with Crippen LogP contribution in [-0.2, 0) is 9.53 Å². The second-order valence-electron chi connectivity index (χ2n) is 5.28. The number of likely N-dealkylation sites (N-methyl/N-ethyl adjacent to an activating group) is 1. The van der Waals surface area contributed by atoms with Crippen molar-refractivity contribution in [3.63, 3.8) is 0 Å². The van der Waals surface area contributed by atoms with Crippen molar-refractivity contribution in [1.82, 2.24) is 10.2 Å². The van der Waals surface area contributed by atoms with Gasteiger partial charge in [0, 0.05) is 26.8 Å². The van der Waals surface area contributed by atoms with Crippen LogP contribution in [0, 0.1) is 5.92 Å². The predicted molar refractivity (Wildman–Crippen MR) is 66.8 cm³/mol. The van der Waals surface area contributed by atoms with E-state index in [9.17, 15) is 4.79 Å². The van der Waals surface area contributed by atoms with Crippen LogP contribution in [0.3, 0.4) is 0 Å². The van der Waals surface area contributed by atoms with Gasteiger partial charge in [0.1, 0.15) is 0 Å². The Labute approximate surface area is 104 Å². The van der Waals surface area contributed by atoms with E-state index in [1.807, 2.05) is 11.9 Å². The molecule has 17 heavy (non-hydrogen) atoms. The Bertz CT molecular complexity index is 246. The molecular weight excluding hydrogens is 216 g/mol. The van der Waals surface area contributed by atoms with Gasteiger partial charge in [-0.1, -0.05) is 6.42 Å². The molecular formula is C13H24N2O2. The van der Waals surface area contributed by atoms with E-state index in [0.717, 1.165) is 45.6 Å². The SMILES string of the molecule is CN(CC1CCOCC1)C(=O)[C@H]1CCCCN1. The van der Waals surface area contributed by atoms with Gasteiger partial charge in [0.15, 0.2) is 0 Å². The lowest BCUT2D eigenvalue weighted by molar-refractivity contribution is -0.133. The topological polar surface area (TPSA) is 41.6 Å². The van der Waals surface area contributed by atoms with Crippen LogP contribution in [0.25, 0.3) is 0 Å². The van der Waals surface area contributed by atoms with Crippen LogP contribution in [0.2, 0.25) is 0 Å². The number of amides is 1. The Morgan fingerprint density at radius 1 is 1.29 bits per heavy atom. The van der Waals surface area contributed by atoms with Crippen LogP contribution >= 0.6 is 0 Å². The molecule has 0 radical (unpaired) electrons. The molecule has 1 atom stereocenters. The third-order valence-corrected chi connectivity index (χ3v) is 3.86. The zero-order chi connectivity index (χ0) is 12.1. The zero-order valence-electron chi connectivity index (χ0n) is 10.8. The average molecular weight is 240 g/mol. The number of hydrogen-bond donors (Lipinski definition) is 1. The van der Waals surface area contributed by atoms with Crippen LogP contribution < -0.4 is 5.32 Å². The molecule has 2 heterocycles. The molecule has 0 saturated carbocycles. The summed E-state index contributed by atoms with van der Waals surface area (Å²) in [4.78, 5) is 14.1. The Morgan fingerprint density at radius 2 is 2.06 bits per heavy atom. The summed E-state index contributed by atoms with van der Waals surface area (Å²) in [7, 11) is 1.94. The van der Waals surface area contributed by atoms with Crippen LogP contribution in [-0.4, -0.2) is 50.2 Å². The molecule has 4 heteroatoms. The Kier molecular flexibility index (Phi) is 4.80. The zero-order valence-corrected chi connectivity index (χ0v) is 10.8. The summed E-state index contributed by atoms with van der Waals surface area (Å²) in [6, 6.07) is 0.0635. The van der Waals surface area contributed by atoms with Crippen molar-refractivity contribution < 1.29 is 9.53 Å². The summed E-state index contributed by atoms with van der Waals surface area (Å²) in [5, 5.41) is 3.32. The molecule has 2 aliphatic rings. The fourth-order valence-corrected chi connectivity index (χ4v) is 2.73. The summed E-state index contributed by atoms with van der Waals surface area (Å²) >= 11 is 0. The van der Waals surface area contributed by atoms with Gasteiger partial charge in [-0.25, -0.2) is 0 Å². The van der Waals surface area contributed by atoms with Gasteiger partial charge in [-0.3, -0.25) is 4.79 Å². The molecule has 1 amide bonds. The van der Waals surface area contributed by atoms with Gasteiger partial charge in [-0.15, -0.1) is 0 Å². The number of nitrogens with one attached hydrogen (secondary N) is 1. The van der Waals surface area contributed by atoms with Gasteiger partial charge in [0.25, 0.3) is 0 Å². The third-order valence-electron chi connectivity index (χ3n) is 3.86. The van der Waals surface area contributed by atoms with Gasteiger partial charge >= 0.3 is 0 Å². The van der Waals surface area contributed by atoms with Crippen molar-refractivity contribution in [3.05, 3.63) is 0 Å². The van der Waals surface area contributed by atoms with E-state index < -0.39 is 0 Å². The van der Waals surface area contributed by atoms with E-state index in [4.69, 9.17) is 4.74 Å². The van der Waals surface area contributed by atoms with Crippen molar-refractivity contribution >= 4 is 5.91 Å². The minimum atomic E-state index is 0.0635. The monoisotopic (exact) mass is 240 g/mol. The second-order valence-corrected chi connectivity index (χ2v) is 5.28. The molecule has 4 nitrogen and oxygen atoms in total. The molecule has 98 valence electrons. The quantitative estimate of drug-likeness (QED) is 0.800. The molecule has 0 aromatic rings. The first-order chi connectivity index (χ1) is 8.27. The Hall–Kier alpha value is -0.610. The number of hydrogen-bond acceptors (Lipinski definition) is 3. The first kappa shape index (κ1) is 12.8. The van der Waals surface area contributed by atoms with E-state index in [2.05, 4.69) is 5.32 Å². The van der Waals surface area contributed by atoms with Crippen molar-refractivity contribution in [2.45, 2.75) is 38.1 Å². The second kappa shape index (κ2) is 6.36. The Balaban J connectivity index is 1.77. The minimum Gasteiger partial charge on any atom is -0.381 e. The van der Waals surface area contributed by atoms with Crippen molar-refractivity contribution in [1.29, 1.82) is 0 Å². The average Bonchev–Trinajstić information content (AvgIpc) is 2.40. The van der Waals surface area contributed by atoms with E-state index >= 15 is 0 Å². The molecule has 0 aliphatic carbocycles. The number of nitrogens with zero attached hydrogens (tertiary/aromatic N) is 1. The molecule has 2 saturated heterocycles. The summed E-state index contributed by atoms with van der Waals surface area (Å²) in [6.07, 6.45) is 5.56. The third kappa shape index (κ3) is 3.68. The molecule has 0 aromatic heterocycles. The number of rotatable bonds is 3. The normalized spacial score (nSPS) is 26.8. The maximum absolute atomic E-state index is 12.2. The highest BCUT2D eigenvalue weighted by molar-refractivity contribution is 5.81. The molecule has 2 rings (SSSR count). The van der Waals surface area contributed by atoms with Gasteiger partial charge < -0.3 is 15.0 Å². The van der Waals surface area contributed by atoms with E-state index in [0.29, 0.717) is 5.92 Å². The first-order valence-corrected chi connectivity index (χ1v) is 6.83. The fourth-order valence-electron chi connectivity index (χ4n) is 2.73. The van der Waals surface area contributed by atoms with Crippen molar-refractivity contribution in [3.8, 4) is 0 Å². The summed E-state index contributed by atoms with van der Waals surface area (Å²) < 4.78 is 5.34. The van der Waals surface area contributed by atoms with Gasteiger partial charge in [0.2, 0.25) is 5.91 Å². The molecule has 0 bridgehead atoms. The van der Waals surface area contributed by atoms with Gasteiger partial charge in [-0.2, -0.15) is 0 Å². The smallest absolute Gasteiger partial charge is 0.239 e. The molecule has 0 spiro atoms. The van der Waals surface area contributed by atoms with Gasteiger partial charge in [-0.05, 0) is 38.1 Å². The summed E-state index contributed by atoms with van der Waals surface area (Å²) in [5.41, 5.74) is 0. The first-order valence-electron chi connectivity index (χ1n) is 6.83. The van der Waals surface area contributed by atoms with Crippen molar-refractivity contribution in [2.75, 3.05) is 33.4 Å². The Morgan fingerprint density at radius 3 is 2.71 bits per heavy atom. The molecule has 1 N–H and O–H groups in total. The lowest BCUT2D eigenvalue weighted by Gasteiger charge is -2.31. The van der Waals surface area contributed by atoms with E-state index in [-0.39, 0.29) is 11.9 Å². The summed E-state index contributed by atoms with van der Waals surface area (Å²) in [5.74, 6) is 0.900. The van der Waals surface area contributed by atoms with Gasteiger partial charge in [0.05, 0.1) is 6.04 Å². The van der Waals surface area contributed by atoms with E-state index in [1.54, 1.807) is 0 Å². The molecule has 0 unspecified atom stereocenters. The predicted octanol–water partition coefficient (Wildman–Crippen LogP) is 1.01. The van der Waals surface area contributed by atoms with E-state index in [1.165, 1.54) is 12.8 Å². The number of piperidine rings is 1. The number of carbonyl (C=O) groups excluding carboxylic acids is 1. The minimum absolute atomic E-state index is 0.0635. The van der Waals surface area contributed by atoms with Crippen LogP contribution in [0.15, 0.2) is 0 Å². The highest BCUT2D eigenvalue weighted by Gasteiger charge is 2.25. The lowest BCUT2D eigenvalue weighted by atomic mass is 9.98. The highest BCUT2D eigenvalue weighted by atomic mass is 16.5. The molecule has 0 aromatic carbocycles. The summed E-state index contributed by atoms with van der Waals surface area (Å²) in [6.45, 7) is 3.59. The molecule has 2 aliphatic heterocycles. The number of carbonyl (C=O) groups is 1. The maximum atomic E-state index is 12.2. The fraction of sp³-hybridized carbons (Fsp3) is 0.923.